The van der Waals surface area contributed by atoms with Crippen LogP contribution in [0.3, 0.4) is 0 Å². The van der Waals surface area contributed by atoms with Crippen molar-refractivity contribution in [2.75, 3.05) is 20.1 Å². The molecular weight excluding hydrogens is 293 g/mol. The summed E-state index contributed by atoms with van der Waals surface area (Å²) in [6, 6.07) is 2.87. The maximum absolute atomic E-state index is 13.3. The number of hydrogen-bond donors (Lipinski definition) is 0. The number of benzene rings is 1. The Labute approximate surface area is 127 Å². The third kappa shape index (κ3) is 2.84. The number of hydrogen-bond acceptors (Lipinski definition) is 2. The second-order valence-corrected chi connectivity index (χ2v) is 6.17. The van der Waals surface area contributed by atoms with E-state index in [1.807, 2.05) is 0 Å². The van der Waals surface area contributed by atoms with E-state index in [0.717, 1.165) is 25.9 Å². The predicted molar refractivity (Wildman–Crippen MR) is 76.4 cm³/mol. The first kappa shape index (κ1) is 15.3. The summed E-state index contributed by atoms with van der Waals surface area (Å²) in [6.45, 7) is 2.33. The molecule has 0 aliphatic carbocycles. The number of halogens is 3. The molecule has 0 unspecified atom stereocenters. The zero-order valence-electron chi connectivity index (χ0n) is 12.5. The number of piperidine rings is 1. The van der Waals surface area contributed by atoms with Crippen LogP contribution in [0.2, 0.25) is 0 Å². The molecule has 1 fully saturated rings. The summed E-state index contributed by atoms with van der Waals surface area (Å²) in [5.74, 6) is -0.319. The molecule has 22 heavy (non-hydrogen) atoms. The van der Waals surface area contributed by atoms with Gasteiger partial charge in [0, 0.05) is 25.7 Å². The van der Waals surface area contributed by atoms with Crippen LogP contribution in [0, 0.1) is 0 Å². The Kier molecular flexibility index (Phi) is 3.89. The normalized spacial score (nSPS) is 19.6. The molecule has 6 heteroatoms. The van der Waals surface area contributed by atoms with Gasteiger partial charge in [0.1, 0.15) is 0 Å². The lowest BCUT2D eigenvalue weighted by Gasteiger charge is -2.27. The van der Waals surface area contributed by atoms with Crippen molar-refractivity contribution in [2.45, 2.75) is 38.5 Å². The smallest absolute Gasteiger partial charge is 0.337 e. The molecule has 1 amide bonds. The highest BCUT2D eigenvalue weighted by Crippen LogP contribution is 2.38. The minimum Gasteiger partial charge on any atom is -0.337 e. The van der Waals surface area contributed by atoms with E-state index in [0.29, 0.717) is 12.1 Å². The van der Waals surface area contributed by atoms with E-state index in [-0.39, 0.29) is 23.6 Å². The number of rotatable bonds is 2. The van der Waals surface area contributed by atoms with E-state index >= 15 is 0 Å². The fraction of sp³-hybridized carbons (Fsp3) is 0.562. The molecule has 0 radical (unpaired) electrons. The van der Waals surface area contributed by atoms with Crippen molar-refractivity contribution in [3.8, 4) is 0 Å². The Morgan fingerprint density at radius 3 is 2.45 bits per heavy atom. The molecule has 0 bridgehead atoms. The number of likely N-dealkylation sites (tertiary alicyclic amines) is 1. The van der Waals surface area contributed by atoms with Crippen LogP contribution in [0.5, 0.6) is 0 Å². The van der Waals surface area contributed by atoms with Gasteiger partial charge in [0.25, 0.3) is 5.91 Å². The summed E-state index contributed by atoms with van der Waals surface area (Å²) in [7, 11) is 1.53. The van der Waals surface area contributed by atoms with Crippen LogP contribution in [0.25, 0.3) is 0 Å². The monoisotopic (exact) mass is 312 g/mol. The molecule has 1 aromatic carbocycles. The highest BCUT2D eigenvalue weighted by atomic mass is 19.4. The number of carbonyl (C=O) groups excluding carboxylic acids is 1. The number of fused-ring (bicyclic) bond motifs is 1. The van der Waals surface area contributed by atoms with Gasteiger partial charge in [-0.25, -0.2) is 0 Å². The summed E-state index contributed by atoms with van der Waals surface area (Å²) >= 11 is 0. The van der Waals surface area contributed by atoms with Crippen molar-refractivity contribution in [1.82, 2.24) is 9.80 Å². The maximum Gasteiger partial charge on any atom is 0.416 e. The highest BCUT2D eigenvalue weighted by Gasteiger charge is 2.39. The van der Waals surface area contributed by atoms with Crippen molar-refractivity contribution in [3.63, 3.8) is 0 Å². The second kappa shape index (κ2) is 5.57. The lowest BCUT2D eigenvalue weighted by molar-refractivity contribution is -0.138. The highest BCUT2D eigenvalue weighted by molar-refractivity contribution is 5.98. The molecule has 2 aliphatic rings. The van der Waals surface area contributed by atoms with Crippen molar-refractivity contribution < 1.29 is 18.0 Å². The Balaban J connectivity index is 1.96. The Bertz CT molecular complexity index is 592. The molecule has 0 aromatic heterocycles. The summed E-state index contributed by atoms with van der Waals surface area (Å²) in [6.07, 6.45) is -1.08. The molecule has 0 spiro atoms. The zero-order chi connectivity index (χ0) is 15.9. The molecule has 2 heterocycles. The second-order valence-electron chi connectivity index (χ2n) is 6.17. The topological polar surface area (TPSA) is 23.6 Å². The molecule has 0 saturated carbocycles. The van der Waals surface area contributed by atoms with Gasteiger partial charge in [-0.1, -0.05) is 6.42 Å². The first-order chi connectivity index (χ1) is 10.4. The summed E-state index contributed by atoms with van der Waals surface area (Å²) in [4.78, 5) is 15.6. The van der Waals surface area contributed by atoms with Crippen LogP contribution in [-0.4, -0.2) is 35.8 Å². The van der Waals surface area contributed by atoms with Crippen LogP contribution < -0.4 is 0 Å². The standard InChI is InChI=1S/C16H19F3N2O/c1-20-10-13-12(15(20)22)7-11(8-14(13)16(17,18)19)9-21-5-3-2-4-6-21/h7-8H,2-6,9-10H2,1H3. The van der Waals surface area contributed by atoms with Gasteiger partial charge in [0.2, 0.25) is 0 Å². The molecule has 0 atom stereocenters. The molecule has 2 aliphatic heterocycles. The lowest BCUT2D eigenvalue weighted by atomic mass is 9.98. The Hall–Kier alpha value is -1.56. The summed E-state index contributed by atoms with van der Waals surface area (Å²) in [5, 5.41) is 0. The molecule has 1 saturated heterocycles. The van der Waals surface area contributed by atoms with E-state index < -0.39 is 11.7 Å². The minimum absolute atomic E-state index is 0.0347. The van der Waals surface area contributed by atoms with Gasteiger partial charge in [-0.05, 0) is 49.2 Å². The van der Waals surface area contributed by atoms with Gasteiger partial charge in [-0.3, -0.25) is 9.69 Å². The van der Waals surface area contributed by atoms with Gasteiger partial charge < -0.3 is 4.90 Å². The molecule has 120 valence electrons. The quantitative estimate of drug-likeness (QED) is 0.837. The third-order valence-corrected chi connectivity index (χ3v) is 4.44. The van der Waals surface area contributed by atoms with E-state index in [4.69, 9.17) is 0 Å². The van der Waals surface area contributed by atoms with Crippen LogP contribution in [0.15, 0.2) is 12.1 Å². The van der Waals surface area contributed by atoms with Crippen molar-refractivity contribution in [3.05, 3.63) is 34.4 Å². The average molecular weight is 312 g/mol. The molecule has 0 N–H and O–H groups in total. The summed E-state index contributed by atoms with van der Waals surface area (Å²) < 4.78 is 39.9. The molecular formula is C16H19F3N2O. The lowest BCUT2D eigenvalue weighted by Crippen LogP contribution is -2.29. The molecule has 3 rings (SSSR count). The van der Waals surface area contributed by atoms with Gasteiger partial charge in [0.15, 0.2) is 0 Å². The SMILES string of the molecule is CN1Cc2c(cc(CN3CCCCC3)cc2C(F)(F)F)C1=O. The number of alkyl halides is 3. The van der Waals surface area contributed by atoms with Gasteiger partial charge in [-0.15, -0.1) is 0 Å². The Morgan fingerprint density at radius 1 is 1.14 bits per heavy atom. The van der Waals surface area contributed by atoms with Crippen LogP contribution in [-0.2, 0) is 19.3 Å². The molecule has 3 nitrogen and oxygen atoms in total. The third-order valence-electron chi connectivity index (χ3n) is 4.44. The van der Waals surface area contributed by atoms with E-state index in [1.165, 1.54) is 24.4 Å². The van der Waals surface area contributed by atoms with Gasteiger partial charge in [0.05, 0.1) is 5.56 Å². The number of carbonyl (C=O) groups is 1. The number of amides is 1. The van der Waals surface area contributed by atoms with E-state index in [1.54, 1.807) is 6.07 Å². The van der Waals surface area contributed by atoms with Crippen LogP contribution >= 0.6 is 0 Å². The van der Waals surface area contributed by atoms with Gasteiger partial charge in [-0.2, -0.15) is 13.2 Å². The first-order valence-electron chi connectivity index (χ1n) is 7.57. The van der Waals surface area contributed by atoms with Crippen LogP contribution in [0.4, 0.5) is 13.2 Å². The first-order valence-corrected chi connectivity index (χ1v) is 7.57. The van der Waals surface area contributed by atoms with Crippen LogP contribution in [0.1, 0.15) is 46.3 Å². The Morgan fingerprint density at radius 2 is 1.82 bits per heavy atom. The van der Waals surface area contributed by atoms with Crippen molar-refractivity contribution in [1.29, 1.82) is 0 Å². The summed E-state index contributed by atoms with van der Waals surface area (Å²) in [5.41, 5.74) is 0.248. The average Bonchev–Trinajstić information content (AvgIpc) is 2.74. The zero-order valence-corrected chi connectivity index (χ0v) is 12.5. The van der Waals surface area contributed by atoms with Crippen molar-refractivity contribution >= 4 is 5.91 Å². The predicted octanol–water partition coefficient (Wildman–Crippen LogP) is 3.28. The molecule has 1 aromatic rings. The van der Waals surface area contributed by atoms with Gasteiger partial charge >= 0.3 is 6.18 Å². The maximum atomic E-state index is 13.3. The number of nitrogens with zero attached hydrogens (tertiary/aromatic N) is 2. The largest absolute Gasteiger partial charge is 0.416 e. The minimum atomic E-state index is -4.42. The van der Waals surface area contributed by atoms with E-state index in [2.05, 4.69) is 4.90 Å². The van der Waals surface area contributed by atoms with Crippen molar-refractivity contribution in [2.24, 2.45) is 0 Å². The fourth-order valence-corrected chi connectivity index (χ4v) is 3.33. The van der Waals surface area contributed by atoms with E-state index in [9.17, 15) is 18.0 Å². The fourth-order valence-electron chi connectivity index (χ4n) is 3.33.